The Kier molecular flexibility index (Phi) is 5.87. The van der Waals surface area contributed by atoms with E-state index >= 15 is 0 Å². The number of nitrogens with one attached hydrogen (secondary N) is 1. The van der Waals surface area contributed by atoms with Crippen LogP contribution < -0.4 is 0 Å². The van der Waals surface area contributed by atoms with E-state index in [0.29, 0.717) is 42.1 Å². The fourth-order valence-electron chi connectivity index (χ4n) is 2.81. The van der Waals surface area contributed by atoms with Crippen molar-refractivity contribution < 1.29 is 13.2 Å². The third-order valence-electron chi connectivity index (χ3n) is 4.61. The molecule has 1 aromatic heterocycles. The van der Waals surface area contributed by atoms with Crippen LogP contribution in [0.25, 0.3) is 0 Å². The number of aromatic nitrogens is 3. The van der Waals surface area contributed by atoms with Crippen LogP contribution in [0, 0.1) is 20.8 Å². The van der Waals surface area contributed by atoms with Gasteiger partial charge in [0.1, 0.15) is 5.82 Å². The Bertz CT molecular complexity index is 934. The highest BCUT2D eigenvalue weighted by atomic mass is 32.2. The van der Waals surface area contributed by atoms with E-state index in [0.717, 1.165) is 11.1 Å². The maximum atomic E-state index is 12.8. The van der Waals surface area contributed by atoms with Crippen molar-refractivity contribution in [3.05, 3.63) is 35.2 Å². The molecule has 0 bridgehead atoms. The van der Waals surface area contributed by atoms with Crippen molar-refractivity contribution in [1.82, 2.24) is 24.4 Å². The predicted octanol–water partition coefficient (Wildman–Crippen LogP) is 1.36. The molecule has 0 radical (unpaired) electrons. The van der Waals surface area contributed by atoms with Crippen LogP contribution in [0.5, 0.6) is 0 Å². The van der Waals surface area contributed by atoms with Gasteiger partial charge in [-0.15, -0.1) is 5.10 Å². The van der Waals surface area contributed by atoms with Crippen molar-refractivity contribution in [2.45, 2.75) is 30.8 Å². The minimum Gasteiger partial charge on any atom is -0.339 e. The number of carbonyl (C=O) groups is 1. The predicted molar refractivity (Wildman–Crippen MR) is 103 cm³/mol. The van der Waals surface area contributed by atoms with E-state index in [2.05, 4.69) is 15.2 Å². The van der Waals surface area contributed by atoms with Crippen LogP contribution in [0.1, 0.15) is 17.0 Å². The molecule has 0 unspecified atom stereocenters. The highest BCUT2D eigenvalue weighted by Crippen LogP contribution is 2.21. The number of carbonyl (C=O) groups excluding carboxylic acids is 1. The number of nitrogens with zero attached hydrogens (tertiary/aromatic N) is 4. The number of rotatable bonds is 5. The van der Waals surface area contributed by atoms with Crippen molar-refractivity contribution in [2.75, 3.05) is 31.9 Å². The quantitative estimate of drug-likeness (QED) is 0.749. The molecule has 8 nitrogen and oxygen atoms in total. The number of benzene rings is 1. The van der Waals surface area contributed by atoms with Gasteiger partial charge < -0.3 is 4.90 Å². The maximum Gasteiger partial charge on any atom is 0.243 e. The summed E-state index contributed by atoms with van der Waals surface area (Å²) in [6.45, 7) is 7.02. The Hall–Kier alpha value is -1.91. The van der Waals surface area contributed by atoms with Crippen molar-refractivity contribution in [3.8, 4) is 0 Å². The fraction of sp³-hybridized carbons (Fsp3) is 0.471. The summed E-state index contributed by atoms with van der Waals surface area (Å²) in [6.07, 6.45) is 0. The van der Waals surface area contributed by atoms with E-state index in [9.17, 15) is 13.2 Å². The smallest absolute Gasteiger partial charge is 0.243 e. The van der Waals surface area contributed by atoms with Gasteiger partial charge in [0.25, 0.3) is 0 Å². The Labute approximate surface area is 163 Å². The molecule has 1 N–H and O–H groups in total. The zero-order valence-electron chi connectivity index (χ0n) is 15.6. The summed E-state index contributed by atoms with van der Waals surface area (Å²) < 4.78 is 27.1. The van der Waals surface area contributed by atoms with Crippen LogP contribution in [0.3, 0.4) is 0 Å². The van der Waals surface area contributed by atoms with Gasteiger partial charge in [0.15, 0.2) is 0 Å². The second-order valence-electron chi connectivity index (χ2n) is 6.52. The lowest BCUT2D eigenvalue weighted by atomic mass is 10.1. The molecule has 146 valence electrons. The number of aromatic amines is 1. The molecule has 0 spiro atoms. The van der Waals surface area contributed by atoms with Crippen LogP contribution in [0.2, 0.25) is 0 Å². The molecule has 1 saturated heterocycles. The molecular formula is C17H23N5O3S2. The summed E-state index contributed by atoms with van der Waals surface area (Å²) in [5.41, 5.74) is 2.01. The van der Waals surface area contributed by atoms with Gasteiger partial charge in [-0.3, -0.25) is 9.89 Å². The van der Waals surface area contributed by atoms with Gasteiger partial charge in [-0.25, -0.2) is 13.4 Å². The van der Waals surface area contributed by atoms with E-state index < -0.39 is 10.0 Å². The van der Waals surface area contributed by atoms with Gasteiger partial charge >= 0.3 is 0 Å². The van der Waals surface area contributed by atoms with Crippen molar-refractivity contribution in [3.63, 3.8) is 0 Å². The lowest BCUT2D eigenvalue weighted by Gasteiger charge is -2.34. The van der Waals surface area contributed by atoms with Crippen molar-refractivity contribution >= 4 is 27.7 Å². The largest absolute Gasteiger partial charge is 0.339 e. The highest BCUT2D eigenvalue weighted by Gasteiger charge is 2.30. The van der Waals surface area contributed by atoms with E-state index in [-0.39, 0.29) is 11.7 Å². The van der Waals surface area contributed by atoms with E-state index in [1.807, 2.05) is 19.9 Å². The van der Waals surface area contributed by atoms with Gasteiger partial charge in [0.05, 0.1) is 10.6 Å². The average Bonchev–Trinajstić information content (AvgIpc) is 3.07. The molecule has 1 fully saturated rings. The molecule has 1 amide bonds. The lowest BCUT2D eigenvalue weighted by molar-refractivity contribution is -0.129. The monoisotopic (exact) mass is 409 g/mol. The number of amides is 1. The number of hydrogen-bond donors (Lipinski definition) is 1. The number of piperazine rings is 1. The molecule has 1 aliphatic heterocycles. The van der Waals surface area contributed by atoms with Crippen molar-refractivity contribution in [1.29, 1.82) is 0 Å². The van der Waals surface area contributed by atoms with Gasteiger partial charge in [-0.2, -0.15) is 4.31 Å². The number of thioether (sulfide) groups is 1. The van der Waals surface area contributed by atoms with Gasteiger partial charge in [0.2, 0.25) is 21.1 Å². The Morgan fingerprint density at radius 2 is 1.85 bits per heavy atom. The first-order chi connectivity index (χ1) is 12.8. The first-order valence-corrected chi connectivity index (χ1v) is 11.1. The second-order valence-corrected chi connectivity index (χ2v) is 9.40. The summed E-state index contributed by atoms with van der Waals surface area (Å²) >= 11 is 1.27. The van der Waals surface area contributed by atoms with Crippen LogP contribution in [-0.4, -0.2) is 70.6 Å². The number of aryl methyl sites for hydroxylation is 3. The molecule has 0 aliphatic carbocycles. The molecule has 27 heavy (non-hydrogen) atoms. The zero-order chi connectivity index (χ0) is 19.6. The van der Waals surface area contributed by atoms with Gasteiger partial charge in [-0.05, 0) is 44.0 Å². The Morgan fingerprint density at radius 1 is 1.15 bits per heavy atom. The molecule has 1 aliphatic rings. The minimum atomic E-state index is -3.54. The topological polar surface area (TPSA) is 99.3 Å². The van der Waals surface area contributed by atoms with Gasteiger partial charge in [0, 0.05) is 26.2 Å². The first-order valence-electron chi connectivity index (χ1n) is 8.64. The molecular weight excluding hydrogens is 386 g/mol. The maximum absolute atomic E-state index is 12.8. The number of sulfonamides is 1. The minimum absolute atomic E-state index is 0.0364. The normalized spacial score (nSPS) is 15.9. The van der Waals surface area contributed by atoms with Crippen LogP contribution >= 0.6 is 11.8 Å². The van der Waals surface area contributed by atoms with E-state index in [4.69, 9.17) is 0 Å². The summed E-state index contributed by atoms with van der Waals surface area (Å²) in [5.74, 6) is 0.905. The summed E-state index contributed by atoms with van der Waals surface area (Å²) in [4.78, 5) is 18.5. The third kappa shape index (κ3) is 4.50. The standard InChI is InChI=1S/C17H23N5O3S2/c1-12-4-5-15(10-13(12)2)27(24,25)22-8-6-21(7-9-22)16(23)11-26-17-18-14(3)19-20-17/h4-5,10H,6-9,11H2,1-3H3,(H,18,19,20). The molecule has 3 rings (SSSR count). The van der Waals surface area contributed by atoms with Crippen LogP contribution in [0.15, 0.2) is 28.3 Å². The first kappa shape index (κ1) is 19.8. The average molecular weight is 410 g/mol. The molecule has 10 heteroatoms. The van der Waals surface area contributed by atoms with Crippen LogP contribution in [0.4, 0.5) is 0 Å². The summed E-state index contributed by atoms with van der Waals surface area (Å²) in [6, 6.07) is 5.17. The molecule has 2 heterocycles. The van der Waals surface area contributed by atoms with Crippen LogP contribution in [-0.2, 0) is 14.8 Å². The molecule has 0 saturated carbocycles. The second kappa shape index (κ2) is 7.99. The Morgan fingerprint density at radius 3 is 2.44 bits per heavy atom. The molecule has 0 atom stereocenters. The SMILES string of the molecule is Cc1nc(SCC(=O)N2CCN(S(=O)(=O)c3ccc(C)c(C)c3)CC2)n[nH]1. The number of hydrogen-bond acceptors (Lipinski definition) is 6. The van der Waals surface area contributed by atoms with Gasteiger partial charge in [-0.1, -0.05) is 17.8 Å². The zero-order valence-corrected chi connectivity index (χ0v) is 17.2. The van der Waals surface area contributed by atoms with Crippen molar-refractivity contribution in [2.24, 2.45) is 0 Å². The Balaban J connectivity index is 1.57. The number of H-pyrrole nitrogens is 1. The lowest BCUT2D eigenvalue weighted by Crippen LogP contribution is -2.51. The van der Waals surface area contributed by atoms with E-state index in [1.165, 1.54) is 16.1 Å². The highest BCUT2D eigenvalue weighted by molar-refractivity contribution is 7.99. The summed E-state index contributed by atoms with van der Waals surface area (Å²) in [7, 11) is -3.54. The third-order valence-corrected chi connectivity index (χ3v) is 7.34. The molecule has 1 aromatic carbocycles. The molecule has 2 aromatic rings. The fourth-order valence-corrected chi connectivity index (χ4v) is 5.06. The summed E-state index contributed by atoms with van der Waals surface area (Å²) in [5, 5.41) is 7.27. The van der Waals surface area contributed by atoms with E-state index in [1.54, 1.807) is 24.0 Å².